The van der Waals surface area contributed by atoms with Gasteiger partial charge >= 0.3 is 5.97 Å². The average molecular weight is 909 g/mol. The molecular formula is C47H56Cl3N5O7. The number of nitrogens with one attached hydrogen (secondary N) is 2. The Labute approximate surface area is 380 Å². The first-order valence-corrected chi connectivity index (χ1v) is 18.9. The zero-order valence-electron chi connectivity index (χ0n) is 31.5. The Morgan fingerprint density at radius 1 is 0.694 bits per heavy atom. The second-order valence-electron chi connectivity index (χ2n) is 13.8. The Balaban J connectivity index is 0.000000485. The molecule has 0 aliphatic heterocycles. The summed E-state index contributed by atoms with van der Waals surface area (Å²) in [5.74, 6) is -1.01. The zero-order valence-corrected chi connectivity index (χ0v) is 33.8. The molecule has 0 unspecified atom stereocenters. The number of hydrogen-bond donors (Lipinski definition) is 4. The van der Waals surface area contributed by atoms with Crippen LogP contribution in [0.2, 0.25) is 10.0 Å². The molecule has 5 N–H and O–H groups in total. The van der Waals surface area contributed by atoms with Gasteiger partial charge in [0.05, 0.1) is 10.0 Å². The molecule has 6 aromatic rings. The third-order valence-corrected chi connectivity index (χ3v) is 9.85. The predicted molar refractivity (Wildman–Crippen MR) is 252 cm³/mol. The van der Waals surface area contributed by atoms with Crippen LogP contribution in [0.5, 0.6) is 0 Å². The van der Waals surface area contributed by atoms with Crippen LogP contribution >= 0.6 is 35.6 Å². The van der Waals surface area contributed by atoms with Gasteiger partial charge in [-0.1, -0.05) is 118 Å². The number of benzene rings is 4. The van der Waals surface area contributed by atoms with Crippen LogP contribution in [0.15, 0.2) is 106 Å². The molecule has 12 nitrogen and oxygen atoms in total. The van der Waals surface area contributed by atoms with Crippen LogP contribution in [-0.2, 0) is 0 Å². The van der Waals surface area contributed by atoms with E-state index in [-0.39, 0.29) is 71.4 Å². The van der Waals surface area contributed by atoms with Crippen LogP contribution in [0, 0.1) is 19.8 Å². The molecule has 62 heavy (non-hydrogen) atoms. The number of hydrogen-bond acceptors (Lipinski definition) is 9. The molecule has 2 saturated carbocycles. The Bertz CT molecular complexity index is 2440. The maximum absolute atomic E-state index is 12.6. The van der Waals surface area contributed by atoms with Gasteiger partial charge in [0.2, 0.25) is 11.5 Å². The van der Waals surface area contributed by atoms with Crippen molar-refractivity contribution in [1.82, 2.24) is 15.6 Å². The van der Waals surface area contributed by atoms with E-state index in [1.807, 2.05) is 38.1 Å². The van der Waals surface area contributed by atoms with Gasteiger partial charge in [0.25, 0.3) is 11.8 Å². The molecule has 2 aliphatic rings. The zero-order chi connectivity index (χ0) is 40.6. The summed E-state index contributed by atoms with van der Waals surface area (Å²) in [5.41, 5.74) is 12.4. The number of carboxylic acid groups (broad SMARTS) is 1. The summed E-state index contributed by atoms with van der Waals surface area (Å²) in [4.78, 5) is 47.1. The van der Waals surface area contributed by atoms with Crippen molar-refractivity contribution in [2.45, 2.75) is 81.7 Å². The van der Waals surface area contributed by atoms with Crippen molar-refractivity contribution in [2.75, 3.05) is 11.1 Å². The highest BCUT2D eigenvalue weighted by atomic mass is 35.5. The minimum atomic E-state index is -1.15. The number of carboxylic acids is 1. The van der Waals surface area contributed by atoms with Gasteiger partial charge in [0.15, 0.2) is 5.78 Å². The van der Waals surface area contributed by atoms with Crippen LogP contribution in [0.1, 0.15) is 115 Å². The van der Waals surface area contributed by atoms with Gasteiger partial charge in [0, 0.05) is 58.2 Å². The number of Topliss-reactive ketones (excluding diaryl/α,β-unsaturated/α-hetero) is 1. The van der Waals surface area contributed by atoms with E-state index < -0.39 is 11.9 Å². The Kier molecular flexibility index (Phi) is 21.3. The lowest BCUT2D eigenvalue weighted by molar-refractivity contribution is 0.0651. The third kappa shape index (κ3) is 14.6. The van der Waals surface area contributed by atoms with Crippen molar-refractivity contribution in [2.24, 2.45) is 5.92 Å². The molecule has 0 bridgehead atoms. The number of nitrogens with two attached hydrogens (primary N) is 1. The molecule has 0 saturated heterocycles. The van der Waals surface area contributed by atoms with Crippen molar-refractivity contribution in [3.63, 3.8) is 0 Å². The second kappa shape index (κ2) is 24.5. The minimum absolute atomic E-state index is 0. The van der Waals surface area contributed by atoms with E-state index in [1.54, 1.807) is 60.7 Å². The highest BCUT2D eigenvalue weighted by molar-refractivity contribution is 6.33. The van der Waals surface area contributed by atoms with Gasteiger partial charge in [0.1, 0.15) is 11.4 Å². The number of carbonyl (C=O) groups is 4. The fourth-order valence-corrected chi connectivity index (χ4v) is 5.91. The molecule has 0 spiro atoms. The maximum atomic E-state index is 12.6. The summed E-state index contributed by atoms with van der Waals surface area (Å²) in [5, 5.41) is 23.0. The van der Waals surface area contributed by atoms with Gasteiger partial charge in [-0.15, -0.1) is 12.4 Å². The summed E-state index contributed by atoms with van der Waals surface area (Å²) < 4.78 is 9.81. The smallest absolute Gasteiger partial charge is 0.374 e. The number of anilines is 2. The molecule has 0 atom stereocenters. The molecular weight excluding hydrogens is 853 g/mol. The monoisotopic (exact) mass is 907 g/mol. The van der Waals surface area contributed by atoms with Crippen molar-refractivity contribution in [3.05, 3.63) is 141 Å². The minimum Gasteiger partial charge on any atom is -0.475 e. The summed E-state index contributed by atoms with van der Waals surface area (Å²) in [6.07, 6.45) is 5.16. The fourth-order valence-electron chi connectivity index (χ4n) is 5.44. The molecule has 2 fully saturated rings. The summed E-state index contributed by atoms with van der Waals surface area (Å²) in [7, 11) is 0. The number of nitrogen functional groups attached to an aromatic ring is 1. The van der Waals surface area contributed by atoms with Gasteiger partial charge in [-0.25, -0.2) is 4.79 Å². The van der Waals surface area contributed by atoms with Crippen LogP contribution < -0.4 is 16.4 Å². The highest BCUT2D eigenvalue weighted by Gasteiger charge is 2.26. The number of rotatable bonds is 10. The Morgan fingerprint density at radius 2 is 1.21 bits per heavy atom. The molecule has 8 rings (SSSR count). The average Bonchev–Trinajstić information content (AvgIpc) is 4.08. The van der Waals surface area contributed by atoms with E-state index >= 15 is 0 Å². The predicted octanol–water partition coefficient (Wildman–Crippen LogP) is 12.7. The first kappa shape index (κ1) is 54.1. The van der Waals surface area contributed by atoms with Gasteiger partial charge in [-0.05, 0) is 86.9 Å². The lowest BCUT2D eigenvalue weighted by Crippen LogP contribution is -2.25. The topological polar surface area (TPSA) is 191 Å². The van der Waals surface area contributed by atoms with E-state index in [2.05, 4.69) is 25.5 Å². The van der Waals surface area contributed by atoms with Gasteiger partial charge in [-0.2, -0.15) is 0 Å². The second-order valence-corrected chi connectivity index (χ2v) is 14.6. The van der Waals surface area contributed by atoms with Crippen LogP contribution in [-0.4, -0.2) is 45.0 Å². The number of amides is 2. The van der Waals surface area contributed by atoms with Crippen LogP contribution in [0.25, 0.3) is 22.5 Å². The van der Waals surface area contributed by atoms with Crippen molar-refractivity contribution < 1.29 is 33.3 Å². The number of aryl methyl sites for hydroxylation is 2. The molecule has 2 aromatic heterocycles. The lowest BCUT2D eigenvalue weighted by Gasteiger charge is -2.10. The first-order chi connectivity index (χ1) is 27.4. The van der Waals surface area contributed by atoms with E-state index in [0.29, 0.717) is 61.8 Å². The SMILES string of the molecule is C.C.C.C.Cc1ccc(C(=O)CC2CC2)cc1N.Cc1ccc(C(=O)NC2CC2)cc1NC(=O)c1cc(-c2ccccc2Cl)no1.Cl.O=C(O)c1cc(-c2ccccc2Cl)no1. The molecule has 15 heteroatoms. The molecule has 4 aromatic carbocycles. The van der Waals surface area contributed by atoms with E-state index in [4.69, 9.17) is 38.6 Å². The molecule has 332 valence electrons. The molecule has 2 aliphatic carbocycles. The van der Waals surface area contributed by atoms with E-state index in [9.17, 15) is 19.2 Å². The van der Waals surface area contributed by atoms with Gasteiger partial charge in [-0.3, -0.25) is 14.4 Å². The normalized spacial score (nSPS) is 11.9. The first-order valence-electron chi connectivity index (χ1n) is 18.1. The highest BCUT2D eigenvalue weighted by Crippen LogP contribution is 2.34. The summed E-state index contributed by atoms with van der Waals surface area (Å²) >= 11 is 12.1. The number of aromatic nitrogens is 2. The molecule has 0 radical (unpaired) electrons. The number of carbonyl (C=O) groups excluding carboxylic acids is 3. The van der Waals surface area contributed by atoms with E-state index in [1.165, 1.54) is 25.0 Å². The number of nitrogens with zero attached hydrogens (tertiary/aromatic N) is 2. The van der Waals surface area contributed by atoms with Crippen LogP contribution in [0.3, 0.4) is 0 Å². The van der Waals surface area contributed by atoms with Crippen molar-refractivity contribution in [1.29, 1.82) is 0 Å². The van der Waals surface area contributed by atoms with Crippen molar-refractivity contribution >= 4 is 70.6 Å². The number of halogens is 3. The third-order valence-electron chi connectivity index (χ3n) is 9.19. The summed E-state index contributed by atoms with van der Waals surface area (Å²) in [6, 6.07) is 28.1. The van der Waals surface area contributed by atoms with Crippen LogP contribution in [0.4, 0.5) is 11.4 Å². The fraction of sp³-hybridized carbons (Fsp3) is 0.277. The quantitative estimate of drug-likeness (QED) is 0.0760. The van der Waals surface area contributed by atoms with Crippen molar-refractivity contribution in [3.8, 4) is 22.5 Å². The largest absolute Gasteiger partial charge is 0.475 e. The Hall–Kier alpha value is -5.95. The summed E-state index contributed by atoms with van der Waals surface area (Å²) in [6.45, 7) is 3.80. The lowest BCUT2D eigenvalue weighted by atomic mass is 10.0. The molecule has 2 amide bonds. The maximum Gasteiger partial charge on any atom is 0.374 e. The number of ketones is 1. The van der Waals surface area contributed by atoms with Gasteiger partial charge < -0.3 is 30.5 Å². The molecule has 2 heterocycles. The number of aromatic carboxylic acids is 1. The Morgan fingerprint density at radius 3 is 1.71 bits per heavy atom. The van der Waals surface area contributed by atoms with E-state index in [0.717, 1.165) is 29.5 Å². The standard InChI is InChI=1S/C21H18ClN3O3.C12H15NO.C10H6ClNO3.4CH4.ClH/c1-12-6-7-13(20(26)23-14-8-9-14)10-17(12)24-21(27)19-11-18(25-28-19)15-4-2-3-5-16(15)22;1-8-2-5-10(7-11(8)13)12(14)6-9-3-4-9;11-7-4-2-1-3-6(7)8-5-9(10(13)14)15-12-8;;;;;/h2-7,10-11,14H,8-9H2,1H3,(H,23,26)(H,24,27);2,5,7,9H,3-4,6,13H2,1H3;1-5H,(H,13,14);4*1H4;1H.